The van der Waals surface area contributed by atoms with Crippen LogP contribution in [0.25, 0.3) is 0 Å². The molecule has 8 heteroatoms. The number of urea groups is 1. The van der Waals surface area contributed by atoms with E-state index in [9.17, 15) is 9.59 Å². The van der Waals surface area contributed by atoms with Gasteiger partial charge in [-0.05, 0) is 80.9 Å². The van der Waals surface area contributed by atoms with Crippen LogP contribution in [0, 0.1) is 6.92 Å². The molecular weight excluding hydrogens is 506 g/mol. The number of amides is 2. The van der Waals surface area contributed by atoms with Crippen molar-refractivity contribution >= 4 is 56.4 Å². The van der Waals surface area contributed by atoms with Crippen LogP contribution >= 0.6 is 27.5 Å². The molecule has 0 unspecified atom stereocenters. The monoisotopic (exact) mass is 529 g/mol. The van der Waals surface area contributed by atoms with Gasteiger partial charge in [0.2, 0.25) is 0 Å². The Morgan fingerprint density at radius 3 is 2.39 bits per heavy atom. The van der Waals surface area contributed by atoms with Gasteiger partial charge >= 0.3 is 6.03 Å². The second-order valence-corrected chi connectivity index (χ2v) is 8.56. The molecule has 172 valence electrons. The minimum atomic E-state index is -0.302. The normalized spacial score (nSPS) is 10.5. The number of hydrogen-bond donors (Lipinski definition) is 3. The van der Waals surface area contributed by atoms with Gasteiger partial charge in [-0.15, -0.1) is 0 Å². The maximum Gasteiger partial charge on any atom is 0.319 e. The summed E-state index contributed by atoms with van der Waals surface area (Å²) in [4.78, 5) is 25.1. The highest BCUT2D eigenvalue weighted by Gasteiger charge is 2.16. The molecule has 0 saturated heterocycles. The number of rotatable bonds is 8. The number of hydrogen-bond acceptors (Lipinski definition) is 4. The number of ketones is 1. The molecule has 0 atom stereocenters. The van der Waals surface area contributed by atoms with Gasteiger partial charge in [0.25, 0.3) is 0 Å². The van der Waals surface area contributed by atoms with Gasteiger partial charge in [-0.1, -0.05) is 27.5 Å². The molecule has 0 aliphatic carbocycles. The van der Waals surface area contributed by atoms with E-state index in [1.165, 1.54) is 0 Å². The molecular formula is C25H25BrClN3O3. The van der Waals surface area contributed by atoms with Crippen molar-refractivity contribution in [3.8, 4) is 5.75 Å². The van der Waals surface area contributed by atoms with Gasteiger partial charge < -0.3 is 20.7 Å². The van der Waals surface area contributed by atoms with Crippen molar-refractivity contribution in [2.45, 2.75) is 20.8 Å². The summed E-state index contributed by atoms with van der Waals surface area (Å²) in [7, 11) is 0. The van der Waals surface area contributed by atoms with Gasteiger partial charge in [0, 0.05) is 27.8 Å². The fraction of sp³-hybridized carbons (Fsp3) is 0.200. The van der Waals surface area contributed by atoms with E-state index in [-0.39, 0.29) is 11.8 Å². The summed E-state index contributed by atoms with van der Waals surface area (Å²) in [5, 5.41) is 9.10. The molecule has 6 nitrogen and oxygen atoms in total. The quantitative estimate of drug-likeness (QED) is 0.276. The maximum atomic E-state index is 13.1. The summed E-state index contributed by atoms with van der Waals surface area (Å²) in [6.45, 7) is 6.71. The van der Waals surface area contributed by atoms with E-state index in [0.717, 1.165) is 15.8 Å². The van der Waals surface area contributed by atoms with E-state index < -0.39 is 0 Å². The van der Waals surface area contributed by atoms with Gasteiger partial charge in [0.1, 0.15) is 5.75 Å². The molecule has 0 aliphatic heterocycles. The van der Waals surface area contributed by atoms with E-state index >= 15 is 0 Å². The summed E-state index contributed by atoms with van der Waals surface area (Å²) in [5.41, 5.74) is 3.76. The molecule has 0 heterocycles. The minimum Gasteiger partial charge on any atom is -0.494 e. The van der Waals surface area contributed by atoms with Crippen molar-refractivity contribution in [2.24, 2.45) is 0 Å². The number of nitrogens with one attached hydrogen (secondary N) is 3. The Morgan fingerprint density at radius 1 is 0.970 bits per heavy atom. The third-order valence-corrected chi connectivity index (χ3v) is 5.62. The zero-order valence-electron chi connectivity index (χ0n) is 18.6. The average molecular weight is 531 g/mol. The topological polar surface area (TPSA) is 79.5 Å². The molecule has 0 aliphatic rings. The number of benzene rings is 3. The largest absolute Gasteiger partial charge is 0.494 e. The number of ether oxygens (including phenoxy) is 1. The predicted molar refractivity (Wildman–Crippen MR) is 137 cm³/mol. The first-order chi connectivity index (χ1) is 15.8. The highest BCUT2D eigenvalue weighted by atomic mass is 79.9. The summed E-state index contributed by atoms with van der Waals surface area (Å²) in [6.07, 6.45) is 0. The average Bonchev–Trinajstić information content (AvgIpc) is 2.76. The molecule has 0 aromatic heterocycles. The van der Waals surface area contributed by atoms with E-state index in [1.54, 1.807) is 36.4 Å². The van der Waals surface area contributed by atoms with Crippen molar-refractivity contribution in [3.05, 3.63) is 80.8 Å². The van der Waals surface area contributed by atoms with Crippen LogP contribution in [0.5, 0.6) is 5.75 Å². The fourth-order valence-electron chi connectivity index (χ4n) is 3.28. The molecule has 3 aromatic carbocycles. The lowest BCUT2D eigenvalue weighted by atomic mass is 9.98. The summed E-state index contributed by atoms with van der Waals surface area (Å²) in [5.74, 6) is 0.568. The van der Waals surface area contributed by atoms with Gasteiger partial charge in [-0.25, -0.2) is 4.79 Å². The first-order valence-corrected chi connectivity index (χ1v) is 11.7. The van der Waals surface area contributed by atoms with Crippen LogP contribution in [0.3, 0.4) is 0 Å². The smallest absolute Gasteiger partial charge is 0.319 e. The lowest BCUT2D eigenvalue weighted by molar-refractivity contribution is 0.103. The number of anilines is 3. The van der Waals surface area contributed by atoms with Gasteiger partial charge in [-0.3, -0.25) is 4.79 Å². The van der Waals surface area contributed by atoms with Crippen LogP contribution < -0.4 is 20.7 Å². The van der Waals surface area contributed by atoms with Crippen molar-refractivity contribution < 1.29 is 14.3 Å². The standard InChI is InChI=1S/C25H25BrClN3O3/c1-4-28-25(32)30-23-13-16(26)6-11-22(23)29-17-7-9-20(21(27)14-17)24(31)19-10-8-18(33-5-2)12-15(19)3/h6-14,29H,4-5H2,1-3H3,(H2,28,30,32). The second kappa shape index (κ2) is 11.2. The SMILES string of the molecule is CCNC(=O)Nc1cc(Br)ccc1Nc1ccc(C(=O)c2ccc(OCC)cc2C)c(Cl)c1. The van der Waals surface area contributed by atoms with Gasteiger partial charge in [0.05, 0.1) is 23.0 Å². The van der Waals surface area contributed by atoms with E-state index in [1.807, 2.05) is 39.0 Å². The maximum absolute atomic E-state index is 13.1. The molecule has 2 amide bonds. The Hall–Kier alpha value is -3.03. The first kappa shape index (κ1) is 24.6. The van der Waals surface area contributed by atoms with Crippen molar-refractivity contribution in [1.29, 1.82) is 0 Å². The van der Waals surface area contributed by atoms with Crippen LogP contribution in [0.1, 0.15) is 35.3 Å². The van der Waals surface area contributed by atoms with E-state index in [2.05, 4.69) is 31.9 Å². The summed E-state index contributed by atoms with van der Waals surface area (Å²) in [6, 6.07) is 15.7. The number of halogens is 2. The minimum absolute atomic E-state index is 0.158. The fourth-order valence-corrected chi connectivity index (χ4v) is 3.91. The Balaban J connectivity index is 1.83. The van der Waals surface area contributed by atoms with Crippen LogP contribution in [-0.2, 0) is 0 Å². The summed E-state index contributed by atoms with van der Waals surface area (Å²) >= 11 is 9.91. The second-order valence-electron chi connectivity index (χ2n) is 7.23. The number of carbonyl (C=O) groups excluding carboxylic acids is 2. The van der Waals surface area contributed by atoms with Crippen LogP contribution in [0.15, 0.2) is 59.1 Å². The van der Waals surface area contributed by atoms with Crippen LogP contribution in [0.2, 0.25) is 5.02 Å². The Labute approximate surface area is 206 Å². The van der Waals surface area contributed by atoms with Gasteiger partial charge in [-0.2, -0.15) is 0 Å². The molecule has 0 saturated carbocycles. The zero-order chi connectivity index (χ0) is 24.0. The lowest BCUT2D eigenvalue weighted by Crippen LogP contribution is -2.28. The van der Waals surface area contributed by atoms with Crippen molar-refractivity contribution in [3.63, 3.8) is 0 Å². The molecule has 3 rings (SSSR count). The van der Waals surface area contributed by atoms with Gasteiger partial charge in [0.15, 0.2) is 5.78 Å². The number of carbonyl (C=O) groups is 2. The highest BCUT2D eigenvalue weighted by molar-refractivity contribution is 9.10. The highest BCUT2D eigenvalue weighted by Crippen LogP contribution is 2.31. The van der Waals surface area contributed by atoms with Crippen molar-refractivity contribution in [2.75, 3.05) is 23.8 Å². The molecule has 3 aromatic rings. The number of aryl methyl sites for hydroxylation is 1. The van der Waals surface area contributed by atoms with E-state index in [0.29, 0.717) is 46.4 Å². The summed E-state index contributed by atoms with van der Waals surface area (Å²) < 4.78 is 6.32. The zero-order valence-corrected chi connectivity index (χ0v) is 20.9. The van der Waals surface area contributed by atoms with Crippen molar-refractivity contribution in [1.82, 2.24) is 5.32 Å². The third-order valence-electron chi connectivity index (χ3n) is 4.81. The molecule has 0 bridgehead atoms. The van der Waals surface area contributed by atoms with E-state index in [4.69, 9.17) is 16.3 Å². The third kappa shape index (κ3) is 6.27. The molecule has 0 fully saturated rings. The lowest BCUT2D eigenvalue weighted by Gasteiger charge is -2.15. The Bertz CT molecular complexity index is 1180. The predicted octanol–water partition coefficient (Wildman–Crippen LogP) is 6.93. The Morgan fingerprint density at radius 2 is 1.73 bits per heavy atom. The first-order valence-electron chi connectivity index (χ1n) is 10.5. The Kier molecular flexibility index (Phi) is 8.36. The molecule has 3 N–H and O–H groups in total. The molecule has 0 radical (unpaired) electrons. The molecule has 0 spiro atoms. The molecule has 33 heavy (non-hydrogen) atoms. The van der Waals surface area contributed by atoms with Crippen LogP contribution in [0.4, 0.5) is 21.9 Å². The van der Waals surface area contributed by atoms with Crippen LogP contribution in [-0.4, -0.2) is 25.0 Å².